The van der Waals surface area contributed by atoms with Gasteiger partial charge in [-0.15, -0.1) is 0 Å². The van der Waals surface area contributed by atoms with Crippen molar-refractivity contribution in [2.24, 2.45) is 9.98 Å². The van der Waals surface area contributed by atoms with Crippen molar-refractivity contribution >= 4 is 45.7 Å². The molecule has 0 atom stereocenters. The van der Waals surface area contributed by atoms with Crippen LogP contribution in [0.5, 0.6) is 0 Å². The van der Waals surface area contributed by atoms with Gasteiger partial charge in [-0.1, -0.05) is 114 Å². The SMILES string of the molecule is C/C(=C1/N=Cc2ccccc21)c1[nH]c(/C(C)=C2\N=Cc3ccccc32)c2ccccc12.CC.CC.CC. The smallest absolute Gasteiger partial charge is 0.0758 e. The van der Waals surface area contributed by atoms with E-state index in [-0.39, 0.29) is 0 Å². The second kappa shape index (κ2) is 12.8. The summed E-state index contributed by atoms with van der Waals surface area (Å²) in [4.78, 5) is 13.2. The molecule has 0 fully saturated rings. The highest BCUT2D eigenvalue weighted by atomic mass is 14.8. The van der Waals surface area contributed by atoms with E-state index in [0.29, 0.717) is 0 Å². The summed E-state index contributed by atoms with van der Waals surface area (Å²) in [5, 5.41) is 2.41. The molecule has 1 N–H and O–H groups in total. The van der Waals surface area contributed by atoms with E-state index in [2.05, 4.69) is 91.6 Å². The van der Waals surface area contributed by atoms with Gasteiger partial charge in [-0.3, -0.25) is 9.98 Å². The molecule has 6 rings (SSSR count). The van der Waals surface area contributed by atoms with Crippen molar-refractivity contribution in [3.8, 4) is 0 Å². The van der Waals surface area contributed by atoms with E-state index in [1.165, 1.54) is 33.0 Å². The highest BCUT2D eigenvalue weighted by Crippen LogP contribution is 2.40. The van der Waals surface area contributed by atoms with Crippen molar-refractivity contribution in [3.05, 3.63) is 106 Å². The second-order valence-corrected chi connectivity index (χ2v) is 8.06. The summed E-state index contributed by atoms with van der Waals surface area (Å²) >= 11 is 0. The number of allylic oxidation sites excluding steroid dienone is 2. The first-order valence-electron chi connectivity index (χ1n) is 13.5. The Morgan fingerprint density at radius 3 is 1.27 bits per heavy atom. The number of fused-ring (bicyclic) bond motifs is 3. The predicted molar refractivity (Wildman–Crippen MR) is 165 cm³/mol. The van der Waals surface area contributed by atoms with Crippen molar-refractivity contribution in [3.63, 3.8) is 0 Å². The fourth-order valence-corrected chi connectivity index (χ4v) is 4.66. The normalized spacial score (nSPS) is 14.9. The molecule has 0 unspecified atom stereocenters. The Morgan fingerprint density at radius 2 is 0.865 bits per heavy atom. The first-order chi connectivity index (χ1) is 18.2. The summed E-state index contributed by atoms with van der Waals surface area (Å²) in [6, 6.07) is 25.3. The number of nitrogens with zero attached hydrogens (tertiary/aromatic N) is 2. The van der Waals surface area contributed by atoms with Crippen LogP contribution in [-0.4, -0.2) is 17.4 Å². The highest BCUT2D eigenvalue weighted by Gasteiger charge is 2.21. The molecular weight excluding hydrogens is 450 g/mol. The molecular formula is C34H39N3. The number of aliphatic imine (C=N–C) groups is 2. The first kappa shape index (κ1) is 27.6. The van der Waals surface area contributed by atoms with Gasteiger partial charge in [0, 0.05) is 45.5 Å². The minimum Gasteiger partial charge on any atom is -0.354 e. The number of hydrogen-bond donors (Lipinski definition) is 1. The van der Waals surface area contributed by atoms with Crippen molar-refractivity contribution in [1.29, 1.82) is 0 Å². The van der Waals surface area contributed by atoms with Crippen molar-refractivity contribution in [1.82, 2.24) is 4.98 Å². The molecule has 3 aromatic carbocycles. The van der Waals surface area contributed by atoms with E-state index in [1.54, 1.807) is 0 Å². The standard InChI is InChI=1S/C28H21N3.3C2H6/c1-17(25-21-11-5-3-9-19(21)15-29-25)27-23-13-7-8-14-24(23)28(31-27)18(2)26-22-12-6-4-10-20(22)16-30-26;3*1-2/h3-16,31H,1-2H3;3*1-2H3/b25-17-,26-18-;;;. The molecule has 0 spiro atoms. The molecule has 3 heterocycles. The van der Waals surface area contributed by atoms with Crippen molar-refractivity contribution in [2.75, 3.05) is 0 Å². The maximum absolute atomic E-state index is 4.75. The monoisotopic (exact) mass is 489 g/mol. The number of aromatic nitrogens is 1. The van der Waals surface area contributed by atoms with Crippen LogP contribution in [0.15, 0.2) is 82.8 Å². The van der Waals surface area contributed by atoms with Crippen LogP contribution in [-0.2, 0) is 0 Å². The summed E-state index contributed by atoms with van der Waals surface area (Å²) in [5.41, 5.74) is 11.3. The molecule has 190 valence electrons. The maximum Gasteiger partial charge on any atom is 0.0758 e. The molecule has 0 saturated carbocycles. The van der Waals surface area contributed by atoms with Crippen LogP contribution in [0.2, 0.25) is 0 Å². The van der Waals surface area contributed by atoms with Gasteiger partial charge in [-0.2, -0.15) is 0 Å². The molecule has 3 heteroatoms. The minimum absolute atomic E-state index is 1.03. The number of aromatic amines is 1. The molecule has 0 bridgehead atoms. The molecule has 1 aromatic heterocycles. The summed E-state index contributed by atoms with van der Waals surface area (Å²) in [7, 11) is 0. The number of hydrogen-bond acceptors (Lipinski definition) is 2. The molecule has 0 aliphatic carbocycles. The second-order valence-electron chi connectivity index (χ2n) is 8.06. The Bertz CT molecular complexity index is 1380. The lowest BCUT2D eigenvalue weighted by Crippen LogP contribution is -1.90. The molecule has 2 aliphatic rings. The van der Waals surface area contributed by atoms with Gasteiger partial charge in [0.25, 0.3) is 0 Å². The summed E-state index contributed by atoms with van der Waals surface area (Å²) in [6.07, 6.45) is 3.91. The summed E-state index contributed by atoms with van der Waals surface area (Å²) in [6.45, 7) is 16.3. The van der Waals surface area contributed by atoms with E-state index in [0.717, 1.165) is 33.9 Å². The largest absolute Gasteiger partial charge is 0.354 e. The van der Waals surface area contributed by atoms with Crippen LogP contribution >= 0.6 is 0 Å². The van der Waals surface area contributed by atoms with Gasteiger partial charge >= 0.3 is 0 Å². The zero-order valence-electron chi connectivity index (χ0n) is 23.5. The summed E-state index contributed by atoms with van der Waals surface area (Å²) in [5.74, 6) is 0. The Balaban J connectivity index is 0.000000593. The first-order valence-corrected chi connectivity index (χ1v) is 13.5. The predicted octanol–water partition coefficient (Wildman–Crippen LogP) is 9.89. The molecule has 0 saturated heterocycles. The third-order valence-electron chi connectivity index (χ3n) is 6.27. The fraction of sp³-hybridized carbons (Fsp3) is 0.235. The average molecular weight is 490 g/mol. The van der Waals surface area contributed by atoms with E-state index < -0.39 is 0 Å². The van der Waals surface area contributed by atoms with Gasteiger partial charge in [0.15, 0.2) is 0 Å². The number of rotatable bonds is 2. The lowest BCUT2D eigenvalue weighted by molar-refractivity contribution is 1.30. The van der Waals surface area contributed by atoms with E-state index in [9.17, 15) is 0 Å². The third-order valence-corrected chi connectivity index (χ3v) is 6.27. The van der Waals surface area contributed by atoms with Crippen LogP contribution in [0.25, 0.3) is 33.3 Å². The van der Waals surface area contributed by atoms with Gasteiger partial charge in [0.05, 0.1) is 22.8 Å². The Kier molecular flexibility index (Phi) is 9.57. The van der Waals surface area contributed by atoms with Crippen LogP contribution < -0.4 is 0 Å². The third kappa shape index (κ3) is 5.13. The van der Waals surface area contributed by atoms with Crippen molar-refractivity contribution in [2.45, 2.75) is 55.4 Å². The highest BCUT2D eigenvalue weighted by molar-refractivity contribution is 6.11. The van der Waals surface area contributed by atoms with Gasteiger partial charge in [-0.25, -0.2) is 0 Å². The van der Waals surface area contributed by atoms with E-state index in [4.69, 9.17) is 9.98 Å². The van der Waals surface area contributed by atoms with Crippen LogP contribution in [0.3, 0.4) is 0 Å². The Labute approximate surface area is 222 Å². The molecule has 3 nitrogen and oxygen atoms in total. The quantitative estimate of drug-likeness (QED) is 0.291. The molecule has 37 heavy (non-hydrogen) atoms. The van der Waals surface area contributed by atoms with Gasteiger partial charge in [0.1, 0.15) is 0 Å². The minimum atomic E-state index is 1.03. The van der Waals surface area contributed by atoms with Crippen LogP contribution in [0, 0.1) is 0 Å². The Morgan fingerprint density at radius 1 is 0.514 bits per heavy atom. The summed E-state index contributed by atoms with van der Waals surface area (Å²) < 4.78 is 0. The topological polar surface area (TPSA) is 40.5 Å². The lowest BCUT2D eigenvalue weighted by Gasteiger charge is -2.07. The zero-order chi connectivity index (χ0) is 26.9. The lowest BCUT2D eigenvalue weighted by atomic mass is 10.00. The van der Waals surface area contributed by atoms with Crippen LogP contribution in [0.4, 0.5) is 0 Å². The number of nitrogens with one attached hydrogen (secondary N) is 1. The van der Waals surface area contributed by atoms with Gasteiger partial charge in [0.2, 0.25) is 0 Å². The number of H-pyrrole nitrogens is 1. The molecule has 0 radical (unpaired) electrons. The molecule has 4 aromatic rings. The van der Waals surface area contributed by atoms with Gasteiger partial charge < -0.3 is 4.98 Å². The van der Waals surface area contributed by atoms with E-state index in [1.807, 2.05) is 54.0 Å². The Hall–Kier alpha value is -3.98. The maximum atomic E-state index is 4.75. The molecule has 0 amide bonds. The van der Waals surface area contributed by atoms with Crippen molar-refractivity contribution < 1.29 is 0 Å². The number of benzene rings is 3. The zero-order valence-corrected chi connectivity index (χ0v) is 23.5. The average Bonchev–Trinajstić information content (AvgIpc) is 3.71. The van der Waals surface area contributed by atoms with Gasteiger partial charge in [-0.05, 0) is 25.0 Å². The van der Waals surface area contributed by atoms with E-state index >= 15 is 0 Å². The molecule has 2 aliphatic heterocycles. The van der Waals surface area contributed by atoms with Crippen LogP contribution in [0.1, 0.15) is 89.0 Å². The fourth-order valence-electron chi connectivity index (χ4n) is 4.66.